The van der Waals surface area contributed by atoms with Crippen LogP contribution in [0.2, 0.25) is 0 Å². The molecule has 0 radical (unpaired) electrons. The molecule has 2 heteroatoms. The van der Waals surface area contributed by atoms with Gasteiger partial charge < -0.3 is 4.74 Å². The number of hydrogen-bond acceptors (Lipinski definition) is 2. The van der Waals surface area contributed by atoms with Crippen LogP contribution in [0.3, 0.4) is 0 Å². The molecule has 0 spiro atoms. The van der Waals surface area contributed by atoms with Crippen LogP contribution in [0.25, 0.3) is 0 Å². The summed E-state index contributed by atoms with van der Waals surface area (Å²) in [6.45, 7) is 2.59. The fourth-order valence-corrected chi connectivity index (χ4v) is 1.98. The van der Waals surface area contributed by atoms with Crippen molar-refractivity contribution in [2.75, 3.05) is 0 Å². The third-order valence-corrected chi connectivity index (χ3v) is 3.04. The number of benzene rings is 2. The monoisotopic (exact) mass is 254 g/mol. The molecular formula is C17H18O2. The fourth-order valence-electron chi connectivity index (χ4n) is 1.98. The van der Waals surface area contributed by atoms with Gasteiger partial charge in [-0.05, 0) is 29.7 Å². The van der Waals surface area contributed by atoms with E-state index in [9.17, 15) is 4.79 Å². The van der Waals surface area contributed by atoms with E-state index in [0.717, 1.165) is 30.4 Å². The second-order valence-electron chi connectivity index (χ2n) is 4.50. The summed E-state index contributed by atoms with van der Waals surface area (Å²) in [5, 5.41) is 0. The largest absolute Gasteiger partial charge is 0.489 e. The predicted molar refractivity (Wildman–Crippen MR) is 76.6 cm³/mol. The topological polar surface area (TPSA) is 26.3 Å². The second kappa shape index (κ2) is 6.74. The SMILES string of the molecule is CCCc1ccc(OCc2ccccc2C=O)cc1. The molecule has 0 unspecified atom stereocenters. The highest BCUT2D eigenvalue weighted by molar-refractivity contribution is 5.77. The molecule has 0 amide bonds. The van der Waals surface area contributed by atoms with Gasteiger partial charge >= 0.3 is 0 Å². The minimum atomic E-state index is 0.419. The van der Waals surface area contributed by atoms with Crippen molar-refractivity contribution in [2.24, 2.45) is 0 Å². The van der Waals surface area contributed by atoms with Crippen molar-refractivity contribution in [1.29, 1.82) is 0 Å². The molecule has 0 N–H and O–H groups in total. The number of carbonyl (C=O) groups is 1. The Morgan fingerprint density at radius 2 is 1.79 bits per heavy atom. The maximum absolute atomic E-state index is 10.9. The van der Waals surface area contributed by atoms with Crippen LogP contribution in [0.15, 0.2) is 48.5 Å². The molecule has 0 heterocycles. The third-order valence-electron chi connectivity index (χ3n) is 3.04. The van der Waals surface area contributed by atoms with Crippen LogP contribution in [0.5, 0.6) is 5.75 Å². The number of ether oxygens (including phenoxy) is 1. The van der Waals surface area contributed by atoms with Crippen molar-refractivity contribution in [3.05, 3.63) is 65.2 Å². The number of carbonyl (C=O) groups excluding carboxylic acids is 1. The van der Waals surface area contributed by atoms with Crippen molar-refractivity contribution in [3.63, 3.8) is 0 Å². The van der Waals surface area contributed by atoms with E-state index >= 15 is 0 Å². The molecule has 0 fully saturated rings. The number of aryl methyl sites for hydroxylation is 1. The summed E-state index contributed by atoms with van der Waals surface area (Å²) in [5.41, 5.74) is 2.92. The van der Waals surface area contributed by atoms with Crippen molar-refractivity contribution in [2.45, 2.75) is 26.4 Å². The quantitative estimate of drug-likeness (QED) is 0.727. The Morgan fingerprint density at radius 3 is 2.47 bits per heavy atom. The molecule has 0 bridgehead atoms. The van der Waals surface area contributed by atoms with Gasteiger partial charge in [0.1, 0.15) is 18.6 Å². The minimum Gasteiger partial charge on any atom is -0.489 e. The molecule has 0 aromatic heterocycles. The molecular weight excluding hydrogens is 236 g/mol. The molecule has 2 rings (SSSR count). The standard InChI is InChI=1S/C17H18O2/c1-2-5-14-8-10-17(11-9-14)19-13-16-7-4-3-6-15(16)12-18/h3-4,6-12H,2,5,13H2,1H3. The van der Waals surface area contributed by atoms with E-state index in [1.807, 2.05) is 30.3 Å². The maximum atomic E-state index is 10.9. The fraction of sp³-hybridized carbons (Fsp3) is 0.235. The van der Waals surface area contributed by atoms with Gasteiger partial charge in [0.2, 0.25) is 0 Å². The van der Waals surface area contributed by atoms with Crippen molar-refractivity contribution in [1.82, 2.24) is 0 Å². The average Bonchev–Trinajstić information content (AvgIpc) is 2.47. The Labute approximate surface area is 114 Å². The van der Waals surface area contributed by atoms with E-state index in [1.165, 1.54) is 5.56 Å². The van der Waals surface area contributed by atoms with Crippen LogP contribution in [0.1, 0.15) is 34.8 Å². The van der Waals surface area contributed by atoms with E-state index in [0.29, 0.717) is 12.2 Å². The van der Waals surface area contributed by atoms with Crippen LogP contribution in [0.4, 0.5) is 0 Å². The lowest BCUT2D eigenvalue weighted by Gasteiger charge is -2.08. The summed E-state index contributed by atoms with van der Waals surface area (Å²) in [6.07, 6.45) is 3.10. The zero-order valence-electron chi connectivity index (χ0n) is 11.1. The molecule has 98 valence electrons. The van der Waals surface area contributed by atoms with Gasteiger partial charge in [-0.2, -0.15) is 0 Å². The lowest BCUT2D eigenvalue weighted by Crippen LogP contribution is -1.99. The molecule has 0 aliphatic carbocycles. The Morgan fingerprint density at radius 1 is 1.05 bits per heavy atom. The van der Waals surface area contributed by atoms with Crippen molar-refractivity contribution >= 4 is 6.29 Å². The predicted octanol–water partition coefficient (Wildman–Crippen LogP) is 4.03. The minimum absolute atomic E-state index is 0.419. The number of hydrogen-bond donors (Lipinski definition) is 0. The van der Waals surface area contributed by atoms with Gasteiger partial charge in [0, 0.05) is 5.56 Å². The zero-order valence-corrected chi connectivity index (χ0v) is 11.1. The first-order chi connectivity index (χ1) is 9.33. The summed E-state index contributed by atoms with van der Waals surface area (Å²) in [7, 11) is 0. The smallest absolute Gasteiger partial charge is 0.150 e. The summed E-state index contributed by atoms with van der Waals surface area (Å²) in [5.74, 6) is 0.834. The molecule has 2 aromatic rings. The maximum Gasteiger partial charge on any atom is 0.150 e. The van der Waals surface area contributed by atoms with Gasteiger partial charge in [-0.15, -0.1) is 0 Å². The first-order valence-corrected chi connectivity index (χ1v) is 6.58. The molecule has 2 nitrogen and oxygen atoms in total. The van der Waals surface area contributed by atoms with Crippen LogP contribution in [-0.4, -0.2) is 6.29 Å². The Kier molecular flexibility index (Phi) is 4.73. The number of rotatable bonds is 6. The average molecular weight is 254 g/mol. The lowest BCUT2D eigenvalue weighted by molar-refractivity contribution is 0.112. The molecule has 2 aromatic carbocycles. The highest BCUT2D eigenvalue weighted by atomic mass is 16.5. The Balaban J connectivity index is 2.00. The highest BCUT2D eigenvalue weighted by Gasteiger charge is 2.01. The van der Waals surface area contributed by atoms with E-state index < -0.39 is 0 Å². The summed E-state index contributed by atoms with van der Waals surface area (Å²) < 4.78 is 5.71. The zero-order chi connectivity index (χ0) is 13.5. The lowest BCUT2D eigenvalue weighted by atomic mass is 10.1. The first-order valence-electron chi connectivity index (χ1n) is 6.58. The van der Waals surface area contributed by atoms with Crippen molar-refractivity contribution < 1.29 is 9.53 Å². The molecule has 19 heavy (non-hydrogen) atoms. The molecule has 0 aliphatic heterocycles. The van der Waals surface area contributed by atoms with Gasteiger partial charge in [0.15, 0.2) is 0 Å². The van der Waals surface area contributed by atoms with E-state index in [2.05, 4.69) is 19.1 Å². The summed E-state index contributed by atoms with van der Waals surface area (Å²) >= 11 is 0. The number of aldehydes is 1. The van der Waals surface area contributed by atoms with E-state index in [1.54, 1.807) is 6.07 Å². The van der Waals surface area contributed by atoms with E-state index in [4.69, 9.17) is 4.74 Å². The van der Waals surface area contributed by atoms with Gasteiger partial charge in [0.25, 0.3) is 0 Å². The first kappa shape index (κ1) is 13.3. The summed E-state index contributed by atoms with van der Waals surface area (Å²) in [6, 6.07) is 15.6. The van der Waals surface area contributed by atoms with Gasteiger partial charge in [-0.1, -0.05) is 49.7 Å². The normalized spacial score (nSPS) is 10.2. The Hall–Kier alpha value is -2.09. The van der Waals surface area contributed by atoms with E-state index in [-0.39, 0.29) is 0 Å². The Bertz CT molecular complexity index is 529. The molecule has 0 atom stereocenters. The van der Waals surface area contributed by atoms with Crippen LogP contribution >= 0.6 is 0 Å². The van der Waals surface area contributed by atoms with Crippen LogP contribution in [-0.2, 0) is 13.0 Å². The van der Waals surface area contributed by atoms with Gasteiger partial charge in [-0.3, -0.25) is 4.79 Å². The van der Waals surface area contributed by atoms with Crippen molar-refractivity contribution in [3.8, 4) is 5.75 Å². The summed E-state index contributed by atoms with van der Waals surface area (Å²) in [4.78, 5) is 10.9. The van der Waals surface area contributed by atoms with Crippen LogP contribution in [0, 0.1) is 0 Å². The van der Waals surface area contributed by atoms with Crippen LogP contribution < -0.4 is 4.74 Å². The molecule has 0 saturated carbocycles. The second-order valence-corrected chi connectivity index (χ2v) is 4.50. The third kappa shape index (κ3) is 3.68. The molecule has 0 saturated heterocycles. The van der Waals surface area contributed by atoms with Gasteiger partial charge in [-0.25, -0.2) is 0 Å². The molecule has 0 aliphatic rings. The highest BCUT2D eigenvalue weighted by Crippen LogP contribution is 2.16. The van der Waals surface area contributed by atoms with Gasteiger partial charge in [0.05, 0.1) is 0 Å².